The van der Waals surface area contributed by atoms with Crippen LogP contribution in [-0.2, 0) is 20.7 Å². The smallest absolute Gasteiger partial charge is 0.349 e. The third kappa shape index (κ3) is 6.67. The molecule has 0 unspecified atom stereocenters. The molecule has 0 aliphatic rings. The van der Waals surface area contributed by atoms with Gasteiger partial charge in [-0.15, -0.1) is 0 Å². The molecule has 2 aromatic carbocycles. The van der Waals surface area contributed by atoms with Crippen molar-refractivity contribution >= 4 is 11.9 Å². The zero-order chi connectivity index (χ0) is 20.4. The van der Waals surface area contributed by atoms with E-state index in [0.717, 1.165) is 17.5 Å². The molecule has 28 heavy (non-hydrogen) atoms. The highest BCUT2D eigenvalue weighted by Gasteiger charge is 2.12. The van der Waals surface area contributed by atoms with Gasteiger partial charge in [0.2, 0.25) is 0 Å². The number of esters is 2. The van der Waals surface area contributed by atoms with Crippen LogP contribution in [-0.4, -0.2) is 30.3 Å². The third-order valence-corrected chi connectivity index (χ3v) is 4.24. The first-order valence-corrected chi connectivity index (χ1v) is 9.39. The number of ether oxygens (including phenoxy) is 2. The van der Waals surface area contributed by atoms with Gasteiger partial charge in [-0.05, 0) is 41.7 Å². The van der Waals surface area contributed by atoms with E-state index in [1.807, 2.05) is 12.1 Å². The van der Waals surface area contributed by atoms with Gasteiger partial charge >= 0.3 is 11.9 Å². The molecular formula is C23H26O5. The van der Waals surface area contributed by atoms with Gasteiger partial charge in [0.1, 0.15) is 5.75 Å². The predicted molar refractivity (Wildman–Crippen MR) is 108 cm³/mol. The van der Waals surface area contributed by atoms with Gasteiger partial charge in [-0.3, -0.25) is 0 Å². The maximum atomic E-state index is 11.7. The van der Waals surface area contributed by atoms with Crippen LogP contribution in [0.1, 0.15) is 31.7 Å². The van der Waals surface area contributed by atoms with E-state index in [1.54, 1.807) is 12.1 Å². The highest BCUT2D eigenvalue weighted by molar-refractivity contribution is 5.89. The van der Waals surface area contributed by atoms with E-state index in [1.165, 1.54) is 24.8 Å². The Kier molecular flexibility index (Phi) is 8.43. The predicted octanol–water partition coefficient (Wildman–Crippen LogP) is 4.08. The van der Waals surface area contributed by atoms with E-state index >= 15 is 0 Å². The molecular weight excluding hydrogens is 356 g/mol. The first kappa shape index (κ1) is 21.4. The zero-order valence-electron chi connectivity index (χ0n) is 16.1. The number of rotatable bonds is 10. The maximum absolute atomic E-state index is 11.7. The van der Waals surface area contributed by atoms with Crippen molar-refractivity contribution in [3.63, 3.8) is 0 Å². The topological polar surface area (TPSA) is 72.8 Å². The van der Waals surface area contributed by atoms with E-state index < -0.39 is 25.2 Å². The standard InChI is InChI=1S/C23H26O5/c1-3-4-5-6-18-7-9-19(10-8-18)20-11-13-21(14-12-20)28-22(25)16-27-23(26)17(2)15-24/h7-14,24H,2-6,15-16H2,1H3. The molecule has 0 saturated carbocycles. The van der Waals surface area contributed by atoms with Gasteiger partial charge in [0.15, 0.2) is 6.61 Å². The van der Waals surface area contributed by atoms with Crippen molar-refractivity contribution in [1.29, 1.82) is 0 Å². The second-order valence-corrected chi connectivity index (χ2v) is 6.49. The normalized spacial score (nSPS) is 10.4. The number of carbonyl (C=O) groups excluding carboxylic acids is 2. The van der Waals surface area contributed by atoms with E-state index in [9.17, 15) is 9.59 Å². The SMILES string of the molecule is C=C(CO)C(=O)OCC(=O)Oc1ccc(-c2ccc(CCCCC)cc2)cc1. The van der Waals surface area contributed by atoms with Crippen LogP contribution in [0, 0.1) is 0 Å². The minimum absolute atomic E-state index is 0.117. The second-order valence-electron chi connectivity index (χ2n) is 6.49. The minimum Gasteiger partial charge on any atom is -0.450 e. The van der Waals surface area contributed by atoms with Crippen LogP contribution in [0.25, 0.3) is 11.1 Å². The molecule has 0 aliphatic carbocycles. The number of benzene rings is 2. The third-order valence-electron chi connectivity index (χ3n) is 4.24. The number of carbonyl (C=O) groups is 2. The summed E-state index contributed by atoms with van der Waals surface area (Å²) in [7, 11) is 0. The first-order chi connectivity index (χ1) is 13.5. The van der Waals surface area contributed by atoms with Crippen molar-refractivity contribution in [3.8, 4) is 16.9 Å². The summed E-state index contributed by atoms with van der Waals surface area (Å²) < 4.78 is 9.83. The van der Waals surface area contributed by atoms with Crippen LogP contribution < -0.4 is 4.74 Å². The van der Waals surface area contributed by atoms with Crippen LogP contribution in [0.15, 0.2) is 60.7 Å². The molecule has 0 heterocycles. The first-order valence-electron chi connectivity index (χ1n) is 9.39. The summed E-state index contributed by atoms with van der Waals surface area (Å²) >= 11 is 0. The lowest BCUT2D eigenvalue weighted by atomic mass is 10.0. The van der Waals surface area contributed by atoms with Gasteiger partial charge in [0.25, 0.3) is 0 Å². The molecule has 0 aliphatic heterocycles. The summed E-state index contributed by atoms with van der Waals surface area (Å²) in [5.41, 5.74) is 3.33. The Morgan fingerprint density at radius 2 is 1.57 bits per heavy atom. The summed E-state index contributed by atoms with van der Waals surface area (Å²) in [5.74, 6) is -1.17. The van der Waals surface area contributed by atoms with Gasteiger partial charge in [-0.1, -0.05) is 62.7 Å². The molecule has 0 bridgehead atoms. The van der Waals surface area contributed by atoms with Gasteiger partial charge < -0.3 is 14.6 Å². The fourth-order valence-corrected chi connectivity index (χ4v) is 2.61. The number of aryl methyl sites for hydroxylation is 1. The Labute approximate surface area is 165 Å². The molecule has 0 radical (unpaired) electrons. The van der Waals surface area contributed by atoms with Crippen LogP contribution in [0.2, 0.25) is 0 Å². The quantitative estimate of drug-likeness (QED) is 0.290. The monoisotopic (exact) mass is 382 g/mol. The number of aliphatic hydroxyl groups is 1. The summed E-state index contributed by atoms with van der Waals surface area (Å²) in [4.78, 5) is 23.1. The Bertz CT molecular complexity index is 791. The fraction of sp³-hybridized carbons (Fsp3) is 0.304. The summed E-state index contributed by atoms with van der Waals surface area (Å²) in [6, 6.07) is 15.6. The number of hydrogen-bond acceptors (Lipinski definition) is 5. The minimum atomic E-state index is -0.826. The fourth-order valence-electron chi connectivity index (χ4n) is 2.61. The average Bonchev–Trinajstić information content (AvgIpc) is 2.72. The molecule has 1 N–H and O–H groups in total. The van der Waals surface area contributed by atoms with Crippen LogP contribution >= 0.6 is 0 Å². The number of unbranched alkanes of at least 4 members (excludes halogenated alkanes) is 2. The molecule has 0 amide bonds. The van der Waals surface area contributed by atoms with Crippen LogP contribution in [0.5, 0.6) is 5.75 Å². The van der Waals surface area contributed by atoms with E-state index in [0.29, 0.717) is 5.75 Å². The Balaban J connectivity index is 1.88. The molecule has 2 rings (SSSR count). The molecule has 5 nitrogen and oxygen atoms in total. The van der Waals surface area contributed by atoms with Crippen molar-refractivity contribution in [1.82, 2.24) is 0 Å². The van der Waals surface area contributed by atoms with Gasteiger partial charge in [-0.25, -0.2) is 9.59 Å². The van der Waals surface area contributed by atoms with E-state index in [-0.39, 0.29) is 5.57 Å². The lowest BCUT2D eigenvalue weighted by molar-refractivity contribution is -0.151. The van der Waals surface area contributed by atoms with Gasteiger partial charge in [0.05, 0.1) is 12.2 Å². The Morgan fingerprint density at radius 1 is 0.964 bits per heavy atom. The second kappa shape index (κ2) is 11.0. The van der Waals surface area contributed by atoms with Crippen molar-refractivity contribution < 1.29 is 24.2 Å². The lowest BCUT2D eigenvalue weighted by Gasteiger charge is -2.08. The van der Waals surface area contributed by atoms with E-state index in [2.05, 4.69) is 37.8 Å². The lowest BCUT2D eigenvalue weighted by Crippen LogP contribution is -2.20. The average molecular weight is 382 g/mol. The van der Waals surface area contributed by atoms with Gasteiger partial charge in [0, 0.05) is 0 Å². The molecule has 0 saturated heterocycles. The van der Waals surface area contributed by atoms with Crippen molar-refractivity contribution in [3.05, 3.63) is 66.2 Å². The summed E-state index contributed by atoms with van der Waals surface area (Å²) in [5, 5.41) is 8.77. The largest absolute Gasteiger partial charge is 0.450 e. The molecule has 0 spiro atoms. The highest BCUT2D eigenvalue weighted by atomic mass is 16.6. The summed E-state index contributed by atoms with van der Waals surface area (Å²) in [6.07, 6.45) is 4.77. The zero-order valence-corrected chi connectivity index (χ0v) is 16.1. The molecule has 0 fully saturated rings. The number of hydrogen-bond donors (Lipinski definition) is 1. The highest BCUT2D eigenvalue weighted by Crippen LogP contribution is 2.23. The van der Waals surface area contributed by atoms with Crippen molar-refractivity contribution in [2.24, 2.45) is 0 Å². The Hall–Kier alpha value is -2.92. The molecule has 5 heteroatoms. The van der Waals surface area contributed by atoms with Crippen LogP contribution in [0.4, 0.5) is 0 Å². The molecule has 148 valence electrons. The van der Waals surface area contributed by atoms with Crippen LogP contribution in [0.3, 0.4) is 0 Å². The molecule has 0 atom stereocenters. The van der Waals surface area contributed by atoms with Gasteiger partial charge in [-0.2, -0.15) is 0 Å². The summed E-state index contributed by atoms with van der Waals surface area (Å²) in [6.45, 7) is 4.46. The van der Waals surface area contributed by atoms with Crippen molar-refractivity contribution in [2.75, 3.05) is 13.2 Å². The number of aliphatic hydroxyl groups excluding tert-OH is 1. The Morgan fingerprint density at radius 3 is 2.14 bits per heavy atom. The van der Waals surface area contributed by atoms with Crippen molar-refractivity contribution in [2.45, 2.75) is 32.6 Å². The molecule has 0 aromatic heterocycles. The molecule has 2 aromatic rings. The maximum Gasteiger partial charge on any atom is 0.349 e. The van der Waals surface area contributed by atoms with E-state index in [4.69, 9.17) is 14.6 Å².